The zero-order valence-corrected chi connectivity index (χ0v) is 10.4. The molecule has 0 heterocycles. The Hall–Kier alpha value is -0.520. The quantitative estimate of drug-likeness (QED) is 0.312. The van der Waals surface area contributed by atoms with Gasteiger partial charge in [0.1, 0.15) is 0 Å². The molecule has 0 atom stereocenters. The predicted molar refractivity (Wildman–Crippen MR) is 69.9 cm³/mol. The van der Waals surface area contributed by atoms with E-state index in [4.69, 9.17) is 6.58 Å². The number of rotatable bonds is 11. The Kier molecular flexibility index (Phi) is 13.0. The highest BCUT2D eigenvalue weighted by atomic mass is 13.9. The van der Waals surface area contributed by atoms with E-state index < -0.39 is 0 Å². The predicted octanol–water partition coefficient (Wildman–Crippen LogP) is 5.45. The molecule has 0 aromatic rings. The number of hydrogen-bond donors (Lipinski definition) is 0. The van der Waals surface area contributed by atoms with E-state index in [1.807, 2.05) is 0 Å². The van der Waals surface area contributed by atoms with Gasteiger partial charge in [-0.15, -0.1) is 0 Å². The molecule has 0 aliphatic heterocycles. The molecular formula is C15H27. The molecule has 0 aromatic heterocycles. The first-order chi connectivity index (χ1) is 7.41. The summed E-state index contributed by atoms with van der Waals surface area (Å²) in [6, 6.07) is 0. The third kappa shape index (κ3) is 13.5. The summed E-state index contributed by atoms with van der Waals surface area (Å²) in [6.07, 6.45) is 19.4. The highest BCUT2D eigenvalue weighted by Gasteiger charge is 1.88. The molecule has 1 radical (unpaired) electrons. The van der Waals surface area contributed by atoms with Crippen molar-refractivity contribution in [2.45, 2.75) is 71.1 Å². The molecule has 0 aliphatic rings. The summed E-state index contributed by atoms with van der Waals surface area (Å²) < 4.78 is 0. The van der Waals surface area contributed by atoms with E-state index >= 15 is 0 Å². The van der Waals surface area contributed by atoms with Crippen molar-refractivity contribution in [1.29, 1.82) is 0 Å². The summed E-state index contributed by atoms with van der Waals surface area (Å²) in [5.41, 5.74) is 0. The van der Waals surface area contributed by atoms with E-state index in [0.717, 1.165) is 12.8 Å². The standard InChI is InChI=1S/C15H27/c1-3-5-7-9-11-13-15-14-12-10-8-6-4-2/h1,3,9,11H,4-8,10,12-15H2,2H3. The van der Waals surface area contributed by atoms with Gasteiger partial charge in [0.05, 0.1) is 0 Å². The average molecular weight is 207 g/mol. The molecule has 0 saturated carbocycles. The van der Waals surface area contributed by atoms with E-state index in [-0.39, 0.29) is 0 Å². The van der Waals surface area contributed by atoms with Crippen LogP contribution in [0.15, 0.2) is 18.2 Å². The first kappa shape index (κ1) is 14.5. The SMILES string of the molecule is [CH]=CCCC=CCCCCCCCCC. The summed E-state index contributed by atoms with van der Waals surface area (Å²) in [5, 5.41) is 0. The van der Waals surface area contributed by atoms with Crippen molar-refractivity contribution in [2.75, 3.05) is 0 Å². The van der Waals surface area contributed by atoms with Gasteiger partial charge in [-0.25, -0.2) is 0 Å². The van der Waals surface area contributed by atoms with Crippen LogP contribution in [0.4, 0.5) is 0 Å². The lowest BCUT2D eigenvalue weighted by molar-refractivity contribution is 0.592. The van der Waals surface area contributed by atoms with Gasteiger partial charge in [-0.3, -0.25) is 0 Å². The molecule has 0 bridgehead atoms. The maximum atomic E-state index is 5.29. The summed E-state index contributed by atoms with van der Waals surface area (Å²) in [5.74, 6) is 0. The highest BCUT2D eigenvalue weighted by Crippen LogP contribution is 2.08. The normalized spacial score (nSPS) is 11.0. The van der Waals surface area contributed by atoms with Crippen LogP contribution in [0.1, 0.15) is 71.1 Å². The van der Waals surface area contributed by atoms with Crippen molar-refractivity contribution in [2.24, 2.45) is 0 Å². The minimum absolute atomic E-state index is 1.01. The Balaban J connectivity index is 2.97. The Labute approximate surface area is 96.5 Å². The lowest BCUT2D eigenvalue weighted by Crippen LogP contribution is -1.78. The molecule has 0 saturated heterocycles. The third-order valence-corrected chi connectivity index (χ3v) is 2.64. The van der Waals surface area contributed by atoms with Crippen molar-refractivity contribution < 1.29 is 0 Å². The zero-order valence-electron chi connectivity index (χ0n) is 10.4. The van der Waals surface area contributed by atoms with E-state index in [1.165, 1.54) is 51.4 Å². The second-order valence-corrected chi connectivity index (χ2v) is 4.19. The minimum Gasteiger partial charge on any atom is -0.0885 e. The molecule has 0 nitrogen and oxygen atoms in total. The molecule has 15 heavy (non-hydrogen) atoms. The van der Waals surface area contributed by atoms with Gasteiger partial charge in [-0.1, -0.05) is 70.3 Å². The smallest absolute Gasteiger partial charge is 0.0313 e. The molecular weight excluding hydrogens is 180 g/mol. The second kappa shape index (κ2) is 13.5. The fraction of sp³-hybridized carbons (Fsp3) is 0.733. The third-order valence-electron chi connectivity index (χ3n) is 2.64. The van der Waals surface area contributed by atoms with Crippen LogP contribution >= 0.6 is 0 Å². The first-order valence-corrected chi connectivity index (χ1v) is 6.60. The van der Waals surface area contributed by atoms with Crippen molar-refractivity contribution >= 4 is 0 Å². The van der Waals surface area contributed by atoms with Crippen LogP contribution in [-0.4, -0.2) is 0 Å². The first-order valence-electron chi connectivity index (χ1n) is 6.60. The van der Waals surface area contributed by atoms with Gasteiger partial charge < -0.3 is 0 Å². The van der Waals surface area contributed by atoms with Gasteiger partial charge in [0.25, 0.3) is 0 Å². The molecule has 87 valence electrons. The molecule has 0 spiro atoms. The fourth-order valence-electron chi connectivity index (χ4n) is 1.65. The summed E-state index contributed by atoms with van der Waals surface area (Å²) in [6.45, 7) is 7.56. The van der Waals surface area contributed by atoms with Crippen LogP contribution in [0.3, 0.4) is 0 Å². The van der Waals surface area contributed by atoms with Gasteiger partial charge in [-0.2, -0.15) is 0 Å². The molecule has 0 aliphatic carbocycles. The van der Waals surface area contributed by atoms with Crippen LogP contribution in [0.2, 0.25) is 0 Å². The summed E-state index contributed by atoms with van der Waals surface area (Å²) >= 11 is 0. The maximum absolute atomic E-state index is 5.29. The Morgan fingerprint density at radius 1 is 0.733 bits per heavy atom. The van der Waals surface area contributed by atoms with Crippen molar-refractivity contribution in [3.63, 3.8) is 0 Å². The lowest BCUT2D eigenvalue weighted by Gasteiger charge is -1.98. The lowest BCUT2D eigenvalue weighted by atomic mass is 10.1. The van der Waals surface area contributed by atoms with E-state index in [1.54, 1.807) is 6.08 Å². The molecule has 0 aromatic carbocycles. The molecule has 0 N–H and O–H groups in total. The van der Waals surface area contributed by atoms with Gasteiger partial charge in [-0.05, 0) is 25.7 Å². The van der Waals surface area contributed by atoms with E-state index in [2.05, 4.69) is 19.1 Å². The van der Waals surface area contributed by atoms with Crippen molar-refractivity contribution in [3.8, 4) is 0 Å². The zero-order chi connectivity index (χ0) is 11.2. The molecule has 0 unspecified atom stereocenters. The van der Waals surface area contributed by atoms with Gasteiger partial charge >= 0.3 is 0 Å². The number of hydrogen-bond acceptors (Lipinski definition) is 0. The number of unbranched alkanes of at least 4 members (excludes halogenated alkanes) is 8. The average Bonchev–Trinajstić information content (AvgIpc) is 2.26. The molecule has 0 heteroatoms. The van der Waals surface area contributed by atoms with E-state index in [9.17, 15) is 0 Å². The Bertz CT molecular complexity index is 144. The second-order valence-electron chi connectivity index (χ2n) is 4.19. The Morgan fingerprint density at radius 2 is 1.33 bits per heavy atom. The van der Waals surface area contributed by atoms with Crippen LogP contribution < -0.4 is 0 Å². The van der Waals surface area contributed by atoms with Crippen LogP contribution in [0.5, 0.6) is 0 Å². The molecule has 0 rings (SSSR count). The fourth-order valence-corrected chi connectivity index (χ4v) is 1.65. The topological polar surface area (TPSA) is 0 Å². The monoisotopic (exact) mass is 207 g/mol. The van der Waals surface area contributed by atoms with Gasteiger partial charge in [0.2, 0.25) is 0 Å². The summed E-state index contributed by atoms with van der Waals surface area (Å²) in [7, 11) is 0. The van der Waals surface area contributed by atoms with Crippen LogP contribution in [0.25, 0.3) is 0 Å². The van der Waals surface area contributed by atoms with Crippen LogP contribution in [-0.2, 0) is 0 Å². The number of allylic oxidation sites excluding steroid dienone is 3. The van der Waals surface area contributed by atoms with Crippen LogP contribution in [0, 0.1) is 6.58 Å². The van der Waals surface area contributed by atoms with Crippen molar-refractivity contribution in [1.82, 2.24) is 0 Å². The van der Waals surface area contributed by atoms with Gasteiger partial charge in [0, 0.05) is 0 Å². The van der Waals surface area contributed by atoms with Gasteiger partial charge in [0.15, 0.2) is 0 Å². The van der Waals surface area contributed by atoms with E-state index in [0.29, 0.717) is 0 Å². The molecule has 0 amide bonds. The maximum Gasteiger partial charge on any atom is -0.0313 e. The molecule has 0 fully saturated rings. The Morgan fingerprint density at radius 3 is 2.00 bits per heavy atom. The minimum atomic E-state index is 1.01. The highest BCUT2D eigenvalue weighted by molar-refractivity contribution is 4.83. The van der Waals surface area contributed by atoms with Crippen molar-refractivity contribution in [3.05, 3.63) is 24.8 Å². The largest absolute Gasteiger partial charge is 0.0885 e. The summed E-state index contributed by atoms with van der Waals surface area (Å²) in [4.78, 5) is 0.